The molecule has 0 bridgehead atoms. The zero-order valence-corrected chi connectivity index (χ0v) is 11.1. The normalized spacial score (nSPS) is 24.5. The first-order valence-electron chi connectivity index (χ1n) is 5.55. The van der Waals surface area contributed by atoms with E-state index < -0.39 is 15.8 Å². The van der Waals surface area contributed by atoms with Crippen molar-refractivity contribution < 1.29 is 17.9 Å². The quantitative estimate of drug-likeness (QED) is 0.677. The van der Waals surface area contributed by atoms with Crippen molar-refractivity contribution >= 4 is 15.7 Å². The van der Waals surface area contributed by atoms with Crippen LogP contribution in [0.2, 0.25) is 0 Å². The number of hydrogen-bond acceptors (Lipinski definition) is 5. The van der Waals surface area contributed by atoms with E-state index >= 15 is 0 Å². The Morgan fingerprint density at radius 2 is 2.24 bits per heavy atom. The Labute approximate surface area is 102 Å². The van der Waals surface area contributed by atoms with Gasteiger partial charge < -0.3 is 15.4 Å². The Morgan fingerprint density at radius 3 is 2.71 bits per heavy atom. The summed E-state index contributed by atoms with van der Waals surface area (Å²) in [6.45, 7) is 0.754. The van der Waals surface area contributed by atoms with Gasteiger partial charge in [-0.1, -0.05) is 0 Å². The molecule has 0 aromatic rings. The molecule has 17 heavy (non-hydrogen) atoms. The van der Waals surface area contributed by atoms with Gasteiger partial charge in [-0.25, -0.2) is 8.42 Å². The second-order valence-corrected chi connectivity index (χ2v) is 6.76. The summed E-state index contributed by atoms with van der Waals surface area (Å²) in [6, 6.07) is -0.244. The molecule has 1 aliphatic heterocycles. The molecule has 0 saturated carbocycles. The molecule has 2 unspecified atom stereocenters. The van der Waals surface area contributed by atoms with Crippen LogP contribution < -0.4 is 5.73 Å². The molecule has 100 valence electrons. The maximum absolute atomic E-state index is 11.9. The van der Waals surface area contributed by atoms with E-state index in [4.69, 9.17) is 10.5 Å². The third-order valence-corrected chi connectivity index (χ3v) is 4.61. The molecule has 6 nitrogen and oxygen atoms in total. The van der Waals surface area contributed by atoms with E-state index in [9.17, 15) is 13.2 Å². The lowest BCUT2D eigenvalue weighted by molar-refractivity contribution is -0.133. The van der Waals surface area contributed by atoms with E-state index in [2.05, 4.69) is 0 Å². The Hall–Kier alpha value is -0.660. The third kappa shape index (κ3) is 4.25. The van der Waals surface area contributed by atoms with Crippen LogP contribution in [0.4, 0.5) is 0 Å². The number of rotatable bonds is 5. The molecule has 0 aromatic carbocycles. The Kier molecular flexibility index (Phi) is 4.91. The van der Waals surface area contributed by atoms with Crippen LogP contribution in [0.15, 0.2) is 0 Å². The minimum absolute atomic E-state index is 0.0321. The molecule has 1 amide bonds. The van der Waals surface area contributed by atoms with Crippen molar-refractivity contribution in [1.29, 1.82) is 0 Å². The summed E-state index contributed by atoms with van der Waals surface area (Å²) >= 11 is 0. The molecule has 1 fully saturated rings. The smallest absolute Gasteiger partial charge is 0.226 e. The zero-order valence-electron chi connectivity index (χ0n) is 10.3. The Morgan fingerprint density at radius 1 is 1.59 bits per heavy atom. The minimum atomic E-state index is -3.02. The summed E-state index contributed by atoms with van der Waals surface area (Å²) in [5, 5.41) is 0. The van der Waals surface area contributed by atoms with Crippen LogP contribution in [0.5, 0.6) is 0 Å². The highest BCUT2D eigenvalue weighted by Crippen LogP contribution is 2.20. The first-order valence-corrected chi connectivity index (χ1v) is 7.38. The third-order valence-electron chi connectivity index (χ3n) is 2.85. The lowest BCUT2D eigenvalue weighted by Crippen LogP contribution is -2.43. The van der Waals surface area contributed by atoms with E-state index in [0.29, 0.717) is 19.6 Å². The van der Waals surface area contributed by atoms with Gasteiger partial charge in [0.05, 0.1) is 24.0 Å². The number of nitrogens with two attached hydrogens (primary N) is 1. The molecule has 1 aliphatic rings. The Balaban J connectivity index is 2.47. The summed E-state index contributed by atoms with van der Waals surface area (Å²) < 4.78 is 27.4. The topological polar surface area (TPSA) is 89.7 Å². The number of sulfone groups is 1. The molecular weight excluding hydrogens is 244 g/mol. The van der Waals surface area contributed by atoms with Crippen LogP contribution in [0, 0.1) is 5.92 Å². The largest absolute Gasteiger partial charge is 0.383 e. The average Bonchev–Trinajstić information content (AvgIpc) is 2.58. The lowest BCUT2D eigenvalue weighted by Gasteiger charge is -2.23. The number of likely N-dealkylation sites (N-methyl/N-ethyl adjacent to an activating group) is 1. The van der Waals surface area contributed by atoms with Crippen LogP contribution in [0.25, 0.3) is 0 Å². The highest BCUT2D eigenvalue weighted by Gasteiger charge is 2.34. The molecule has 2 N–H and O–H groups in total. The molecule has 1 rings (SSSR count). The van der Waals surface area contributed by atoms with Crippen LogP contribution in [0.3, 0.4) is 0 Å². The van der Waals surface area contributed by atoms with Crippen molar-refractivity contribution in [3.05, 3.63) is 0 Å². The monoisotopic (exact) mass is 264 g/mol. The average molecular weight is 264 g/mol. The van der Waals surface area contributed by atoms with Gasteiger partial charge in [0, 0.05) is 26.7 Å². The first-order chi connectivity index (χ1) is 7.85. The van der Waals surface area contributed by atoms with E-state index in [1.54, 1.807) is 14.2 Å². The Bertz CT molecular complexity index is 369. The molecule has 1 heterocycles. The van der Waals surface area contributed by atoms with Crippen LogP contribution >= 0.6 is 0 Å². The molecule has 0 spiro atoms. The van der Waals surface area contributed by atoms with Crippen molar-refractivity contribution in [3.63, 3.8) is 0 Å². The standard InChI is InChI=1S/C10H20N2O4S/c1-12(5-9(11)6-16-2)10(13)8-3-4-17(14,15)7-8/h8-9H,3-7,11H2,1-2H3. The fourth-order valence-corrected chi connectivity index (χ4v) is 3.74. The number of carbonyl (C=O) groups is 1. The van der Waals surface area contributed by atoms with Crippen molar-refractivity contribution in [3.8, 4) is 0 Å². The van der Waals surface area contributed by atoms with Gasteiger partial charge in [-0.3, -0.25) is 4.79 Å². The predicted octanol–water partition coefficient (Wildman–Crippen LogP) is -1.15. The molecule has 0 aromatic heterocycles. The highest BCUT2D eigenvalue weighted by molar-refractivity contribution is 7.91. The summed E-state index contributed by atoms with van der Waals surface area (Å²) in [5.74, 6) is -0.464. The number of amides is 1. The van der Waals surface area contributed by atoms with Gasteiger partial charge in [-0.2, -0.15) is 0 Å². The van der Waals surface area contributed by atoms with Crippen LogP contribution in [0.1, 0.15) is 6.42 Å². The van der Waals surface area contributed by atoms with E-state index in [-0.39, 0.29) is 23.5 Å². The number of methoxy groups -OCH3 is 1. The van der Waals surface area contributed by atoms with E-state index in [1.807, 2.05) is 0 Å². The number of nitrogens with zero attached hydrogens (tertiary/aromatic N) is 1. The molecular formula is C10H20N2O4S. The van der Waals surface area contributed by atoms with E-state index in [1.165, 1.54) is 4.90 Å². The predicted molar refractivity (Wildman–Crippen MR) is 64.2 cm³/mol. The van der Waals surface area contributed by atoms with Crippen molar-refractivity contribution in [2.45, 2.75) is 12.5 Å². The van der Waals surface area contributed by atoms with Gasteiger partial charge in [-0.15, -0.1) is 0 Å². The van der Waals surface area contributed by atoms with Gasteiger partial charge >= 0.3 is 0 Å². The second kappa shape index (κ2) is 5.79. The fourth-order valence-electron chi connectivity index (χ4n) is 2.01. The molecule has 2 atom stereocenters. The summed E-state index contributed by atoms with van der Waals surface area (Å²) in [7, 11) is 0.172. The van der Waals surface area contributed by atoms with Gasteiger partial charge in [-0.05, 0) is 6.42 Å². The maximum Gasteiger partial charge on any atom is 0.226 e. The summed E-state index contributed by atoms with van der Waals surface area (Å²) in [6.07, 6.45) is 0.422. The van der Waals surface area contributed by atoms with Gasteiger partial charge in [0.25, 0.3) is 0 Å². The van der Waals surface area contributed by atoms with Gasteiger partial charge in [0.1, 0.15) is 0 Å². The van der Waals surface area contributed by atoms with Gasteiger partial charge in [0.15, 0.2) is 9.84 Å². The second-order valence-electron chi connectivity index (χ2n) is 4.53. The molecule has 1 saturated heterocycles. The van der Waals surface area contributed by atoms with E-state index in [0.717, 1.165) is 0 Å². The summed E-state index contributed by atoms with van der Waals surface area (Å²) in [4.78, 5) is 13.4. The van der Waals surface area contributed by atoms with Crippen LogP contribution in [-0.2, 0) is 19.4 Å². The first kappa shape index (κ1) is 14.4. The number of hydrogen-bond donors (Lipinski definition) is 1. The van der Waals surface area contributed by atoms with Gasteiger partial charge in [0.2, 0.25) is 5.91 Å². The molecule has 7 heteroatoms. The number of ether oxygens (including phenoxy) is 1. The van der Waals surface area contributed by atoms with Crippen molar-refractivity contribution in [1.82, 2.24) is 4.90 Å². The lowest BCUT2D eigenvalue weighted by atomic mass is 10.1. The summed E-state index contributed by atoms with van der Waals surface area (Å²) in [5.41, 5.74) is 5.74. The molecule has 0 radical (unpaired) electrons. The SMILES string of the molecule is COCC(N)CN(C)C(=O)C1CCS(=O)(=O)C1. The minimum Gasteiger partial charge on any atom is -0.383 e. The fraction of sp³-hybridized carbons (Fsp3) is 0.900. The van der Waals surface area contributed by atoms with Crippen molar-refractivity contribution in [2.24, 2.45) is 11.7 Å². The number of carbonyl (C=O) groups excluding carboxylic acids is 1. The zero-order chi connectivity index (χ0) is 13.1. The van der Waals surface area contributed by atoms with Crippen molar-refractivity contribution in [2.75, 3.05) is 38.8 Å². The van der Waals surface area contributed by atoms with Crippen LogP contribution in [-0.4, -0.2) is 64.1 Å². The highest BCUT2D eigenvalue weighted by atomic mass is 32.2. The molecule has 0 aliphatic carbocycles. The maximum atomic E-state index is 11.9.